The molecule has 5 nitrogen and oxygen atoms in total. The molecule has 0 aliphatic carbocycles. The number of hydrogen-bond acceptors (Lipinski definition) is 4. The summed E-state index contributed by atoms with van der Waals surface area (Å²) >= 11 is 5.83. The van der Waals surface area contributed by atoms with Crippen molar-refractivity contribution in [3.63, 3.8) is 0 Å². The summed E-state index contributed by atoms with van der Waals surface area (Å²) in [7, 11) is 1.58. The van der Waals surface area contributed by atoms with Gasteiger partial charge in [-0.2, -0.15) is 0 Å². The first-order valence-electron chi connectivity index (χ1n) is 4.76. The molecule has 0 fully saturated rings. The molecule has 3 N–H and O–H groups in total. The van der Waals surface area contributed by atoms with E-state index < -0.39 is 0 Å². The van der Waals surface area contributed by atoms with Crippen LogP contribution in [0.4, 0.5) is 5.82 Å². The fourth-order valence-corrected chi connectivity index (χ4v) is 1.23. The predicted molar refractivity (Wildman–Crippen MR) is 62.5 cm³/mol. The fourth-order valence-electron chi connectivity index (χ4n) is 1.04. The molecule has 0 bridgehead atoms. The highest BCUT2D eigenvalue weighted by molar-refractivity contribution is 6.33. The second-order valence-electron chi connectivity index (χ2n) is 3.35. The molecule has 1 heterocycles. The Labute approximate surface area is 98.9 Å². The van der Waals surface area contributed by atoms with E-state index in [0.29, 0.717) is 12.1 Å². The quantitative estimate of drug-likeness (QED) is 0.830. The van der Waals surface area contributed by atoms with E-state index in [4.69, 9.17) is 22.1 Å². The Balaban J connectivity index is 2.69. The van der Waals surface area contributed by atoms with E-state index in [9.17, 15) is 4.79 Å². The van der Waals surface area contributed by atoms with Gasteiger partial charge in [0, 0.05) is 19.9 Å². The third kappa shape index (κ3) is 3.36. The molecule has 1 amide bonds. The summed E-state index contributed by atoms with van der Waals surface area (Å²) in [5.74, 6) is -0.0302. The molecular formula is C10H14ClN3O2. The first kappa shape index (κ1) is 12.7. The Morgan fingerprint density at radius 2 is 2.44 bits per heavy atom. The number of methoxy groups -OCH3 is 1. The minimum absolute atomic E-state index is 0.0538. The van der Waals surface area contributed by atoms with Crippen LogP contribution in [0.15, 0.2) is 12.3 Å². The number of carbonyl (C=O) groups excluding carboxylic acids is 1. The maximum absolute atomic E-state index is 11.7. The van der Waals surface area contributed by atoms with Gasteiger partial charge in [-0.05, 0) is 13.0 Å². The molecule has 1 aromatic rings. The van der Waals surface area contributed by atoms with Crippen LogP contribution >= 0.6 is 11.6 Å². The Hall–Kier alpha value is -1.33. The van der Waals surface area contributed by atoms with Gasteiger partial charge in [-0.15, -0.1) is 0 Å². The highest BCUT2D eigenvalue weighted by Gasteiger charge is 2.12. The van der Waals surface area contributed by atoms with Crippen LogP contribution in [0.25, 0.3) is 0 Å². The molecule has 1 aromatic heterocycles. The number of anilines is 1. The zero-order valence-electron chi connectivity index (χ0n) is 9.16. The molecule has 88 valence electrons. The number of nitrogens with two attached hydrogens (primary N) is 1. The van der Waals surface area contributed by atoms with Gasteiger partial charge in [-0.25, -0.2) is 4.98 Å². The van der Waals surface area contributed by atoms with Crippen LogP contribution in [-0.2, 0) is 4.74 Å². The third-order valence-corrected chi connectivity index (χ3v) is 2.37. The molecule has 1 rings (SSSR count). The lowest BCUT2D eigenvalue weighted by atomic mass is 10.2. The number of halogens is 1. The lowest BCUT2D eigenvalue weighted by Gasteiger charge is -2.11. The minimum atomic E-state index is -0.289. The zero-order valence-corrected chi connectivity index (χ0v) is 9.91. The Morgan fingerprint density at radius 1 is 1.75 bits per heavy atom. The van der Waals surface area contributed by atoms with E-state index in [1.807, 2.05) is 6.92 Å². The number of amides is 1. The van der Waals surface area contributed by atoms with Crippen molar-refractivity contribution in [1.82, 2.24) is 10.3 Å². The molecule has 0 aliphatic rings. The number of hydrogen-bond donors (Lipinski definition) is 2. The van der Waals surface area contributed by atoms with Gasteiger partial charge >= 0.3 is 0 Å². The molecule has 1 unspecified atom stereocenters. The van der Waals surface area contributed by atoms with Crippen LogP contribution in [0, 0.1) is 0 Å². The molecule has 0 saturated carbocycles. The molecule has 0 spiro atoms. The minimum Gasteiger partial charge on any atom is -0.384 e. The van der Waals surface area contributed by atoms with E-state index in [2.05, 4.69) is 10.3 Å². The fraction of sp³-hybridized carbons (Fsp3) is 0.400. The topological polar surface area (TPSA) is 77.2 Å². The van der Waals surface area contributed by atoms with Crippen molar-refractivity contribution in [2.75, 3.05) is 19.4 Å². The number of pyridine rings is 1. The SMILES string of the molecule is COC(C)CNC(=O)c1cc(N)ncc1Cl. The van der Waals surface area contributed by atoms with Gasteiger partial charge in [0.25, 0.3) is 5.91 Å². The van der Waals surface area contributed by atoms with E-state index in [1.54, 1.807) is 7.11 Å². The second kappa shape index (κ2) is 5.67. The summed E-state index contributed by atoms with van der Waals surface area (Å²) in [5.41, 5.74) is 5.79. The maximum Gasteiger partial charge on any atom is 0.253 e. The van der Waals surface area contributed by atoms with Gasteiger partial charge in [-0.3, -0.25) is 4.79 Å². The van der Waals surface area contributed by atoms with Crippen molar-refractivity contribution in [3.8, 4) is 0 Å². The van der Waals surface area contributed by atoms with E-state index in [-0.39, 0.29) is 22.9 Å². The molecule has 0 aromatic carbocycles. The van der Waals surface area contributed by atoms with Crippen LogP contribution < -0.4 is 11.1 Å². The molecule has 16 heavy (non-hydrogen) atoms. The zero-order chi connectivity index (χ0) is 12.1. The lowest BCUT2D eigenvalue weighted by Crippen LogP contribution is -2.31. The van der Waals surface area contributed by atoms with Crippen LogP contribution in [0.1, 0.15) is 17.3 Å². The van der Waals surface area contributed by atoms with Crippen LogP contribution in [0.3, 0.4) is 0 Å². The highest BCUT2D eigenvalue weighted by Crippen LogP contribution is 2.16. The number of rotatable bonds is 4. The number of aromatic nitrogens is 1. The van der Waals surface area contributed by atoms with Crippen LogP contribution in [0.2, 0.25) is 5.02 Å². The Kier molecular flexibility index (Phi) is 4.52. The smallest absolute Gasteiger partial charge is 0.253 e. The van der Waals surface area contributed by atoms with Gasteiger partial charge in [0.05, 0.1) is 16.7 Å². The monoisotopic (exact) mass is 243 g/mol. The summed E-state index contributed by atoms with van der Waals surface area (Å²) in [4.78, 5) is 15.5. The third-order valence-electron chi connectivity index (χ3n) is 2.07. The molecule has 0 aliphatic heterocycles. The number of carbonyl (C=O) groups is 1. The Bertz CT molecular complexity index is 384. The highest BCUT2D eigenvalue weighted by atomic mass is 35.5. The van der Waals surface area contributed by atoms with E-state index in [0.717, 1.165) is 0 Å². The second-order valence-corrected chi connectivity index (χ2v) is 3.75. The average molecular weight is 244 g/mol. The Morgan fingerprint density at radius 3 is 3.06 bits per heavy atom. The number of nitrogen functional groups attached to an aromatic ring is 1. The van der Waals surface area contributed by atoms with Gasteiger partial charge in [0.15, 0.2) is 0 Å². The van der Waals surface area contributed by atoms with Crippen molar-refractivity contribution in [3.05, 3.63) is 22.8 Å². The van der Waals surface area contributed by atoms with Gasteiger partial charge in [0.1, 0.15) is 5.82 Å². The summed E-state index contributed by atoms with van der Waals surface area (Å²) in [6.07, 6.45) is 1.30. The maximum atomic E-state index is 11.7. The summed E-state index contributed by atoms with van der Waals surface area (Å²) in [5, 5.41) is 2.96. The van der Waals surface area contributed by atoms with E-state index in [1.165, 1.54) is 12.3 Å². The first-order valence-corrected chi connectivity index (χ1v) is 5.14. The van der Waals surface area contributed by atoms with Gasteiger partial charge < -0.3 is 15.8 Å². The van der Waals surface area contributed by atoms with E-state index >= 15 is 0 Å². The lowest BCUT2D eigenvalue weighted by molar-refractivity contribution is 0.0870. The van der Waals surface area contributed by atoms with Crippen molar-refractivity contribution >= 4 is 23.3 Å². The average Bonchev–Trinajstić information content (AvgIpc) is 2.28. The molecular weight excluding hydrogens is 230 g/mol. The van der Waals surface area contributed by atoms with Crippen LogP contribution in [-0.4, -0.2) is 30.6 Å². The molecule has 0 radical (unpaired) electrons. The number of nitrogens with zero attached hydrogens (tertiary/aromatic N) is 1. The molecule has 6 heteroatoms. The molecule has 0 saturated heterocycles. The summed E-state index contributed by atoms with van der Waals surface area (Å²) in [6.45, 7) is 2.26. The van der Waals surface area contributed by atoms with Gasteiger partial charge in [-0.1, -0.05) is 11.6 Å². The molecule has 1 atom stereocenters. The standard InChI is InChI=1S/C10H14ClN3O2/c1-6(16-2)4-14-10(15)7-3-9(12)13-5-8(7)11/h3,5-6H,4H2,1-2H3,(H2,12,13)(H,14,15). The summed E-state index contributed by atoms with van der Waals surface area (Å²) < 4.78 is 5.01. The summed E-state index contributed by atoms with van der Waals surface area (Å²) in [6, 6.07) is 1.44. The van der Waals surface area contributed by atoms with Crippen molar-refractivity contribution < 1.29 is 9.53 Å². The van der Waals surface area contributed by atoms with Crippen LogP contribution in [0.5, 0.6) is 0 Å². The number of ether oxygens (including phenoxy) is 1. The van der Waals surface area contributed by atoms with Crippen molar-refractivity contribution in [1.29, 1.82) is 0 Å². The first-order chi connectivity index (χ1) is 7.54. The van der Waals surface area contributed by atoms with Crippen molar-refractivity contribution in [2.45, 2.75) is 13.0 Å². The van der Waals surface area contributed by atoms with Crippen molar-refractivity contribution in [2.24, 2.45) is 0 Å². The normalized spacial score (nSPS) is 12.2. The number of nitrogens with one attached hydrogen (secondary N) is 1. The van der Waals surface area contributed by atoms with Gasteiger partial charge in [0.2, 0.25) is 0 Å². The predicted octanol–water partition coefficient (Wildman–Crippen LogP) is 1.08. The largest absolute Gasteiger partial charge is 0.384 e.